The fourth-order valence-electron chi connectivity index (χ4n) is 2.62. The fraction of sp³-hybridized carbons (Fsp3) is 0.235. The third kappa shape index (κ3) is 2.31. The van der Waals surface area contributed by atoms with E-state index in [-0.39, 0.29) is 11.7 Å². The summed E-state index contributed by atoms with van der Waals surface area (Å²) in [6, 6.07) is 12.7. The Bertz CT molecular complexity index is 649. The van der Waals surface area contributed by atoms with Gasteiger partial charge in [-0.2, -0.15) is 0 Å². The maximum atomic E-state index is 13.0. The molecule has 1 heterocycles. The molecule has 3 heteroatoms. The van der Waals surface area contributed by atoms with Crippen LogP contribution in [0.25, 0.3) is 11.1 Å². The van der Waals surface area contributed by atoms with Crippen LogP contribution in [0.15, 0.2) is 42.5 Å². The molecule has 0 aliphatic carbocycles. The molecule has 1 aliphatic heterocycles. The molecule has 20 heavy (non-hydrogen) atoms. The molecular weight excluding hydrogens is 253 g/mol. The van der Waals surface area contributed by atoms with E-state index in [0.717, 1.165) is 11.1 Å². The molecule has 2 aromatic rings. The maximum absolute atomic E-state index is 13.0. The summed E-state index contributed by atoms with van der Waals surface area (Å²) in [4.78, 5) is 13.6. The molecule has 0 radical (unpaired) electrons. The summed E-state index contributed by atoms with van der Waals surface area (Å²) >= 11 is 0. The lowest BCUT2D eigenvalue weighted by Crippen LogP contribution is -2.23. The highest BCUT2D eigenvalue weighted by atomic mass is 19.1. The normalized spacial score (nSPS) is 13.4. The zero-order valence-electron chi connectivity index (χ0n) is 11.4. The third-order valence-electron chi connectivity index (χ3n) is 3.76. The first-order valence-electron chi connectivity index (χ1n) is 6.83. The van der Waals surface area contributed by atoms with E-state index in [0.29, 0.717) is 19.5 Å². The van der Waals surface area contributed by atoms with Crippen LogP contribution in [-0.4, -0.2) is 10.8 Å². The lowest BCUT2D eigenvalue weighted by molar-refractivity contribution is -0.131. The van der Waals surface area contributed by atoms with Crippen LogP contribution in [0, 0.1) is 5.82 Å². The first-order valence-corrected chi connectivity index (χ1v) is 6.83. The molecule has 0 aromatic heterocycles. The van der Waals surface area contributed by atoms with Gasteiger partial charge in [0.2, 0.25) is 5.91 Å². The minimum atomic E-state index is -0.227. The van der Waals surface area contributed by atoms with Gasteiger partial charge >= 0.3 is 0 Å². The number of hydrogen-bond donors (Lipinski definition) is 0. The van der Waals surface area contributed by atoms with Crippen LogP contribution >= 0.6 is 0 Å². The molecule has 1 amide bonds. The first kappa shape index (κ1) is 12.9. The molecule has 0 unspecified atom stereocenters. The molecule has 2 nitrogen and oxygen atoms in total. The van der Waals surface area contributed by atoms with Crippen LogP contribution in [0.1, 0.15) is 24.5 Å². The fourth-order valence-corrected chi connectivity index (χ4v) is 2.62. The van der Waals surface area contributed by atoms with Crippen LogP contribution in [0.4, 0.5) is 4.39 Å². The van der Waals surface area contributed by atoms with Crippen LogP contribution in [0.3, 0.4) is 0 Å². The maximum Gasteiger partial charge on any atom is 0.222 e. The Balaban J connectivity index is 1.89. The zero-order valence-corrected chi connectivity index (χ0v) is 11.4. The molecule has 1 aliphatic rings. The number of fused-ring (bicyclic) bond motifs is 1. The number of benzene rings is 2. The number of carbonyl (C=O) groups is 1. The van der Waals surface area contributed by atoms with Gasteiger partial charge in [-0.3, -0.25) is 4.79 Å². The number of hydrogen-bond acceptors (Lipinski definition) is 1. The lowest BCUT2D eigenvalue weighted by atomic mass is 10.0. The van der Waals surface area contributed by atoms with Crippen molar-refractivity contribution < 1.29 is 9.18 Å². The van der Waals surface area contributed by atoms with Crippen molar-refractivity contribution in [2.24, 2.45) is 0 Å². The molecule has 0 atom stereocenters. The van der Waals surface area contributed by atoms with Crippen molar-refractivity contribution in [3.63, 3.8) is 0 Å². The van der Waals surface area contributed by atoms with Crippen molar-refractivity contribution in [2.75, 3.05) is 0 Å². The number of halogens is 1. The first-order chi connectivity index (χ1) is 9.67. The van der Waals surface area contributed by atoms with E-state index in [9.17, 15) is 9.18 Å². The number of amides is 1. The molecule has 0 N–H and O–H groups in total. The molecule has 0 bridgehead atoms. The number of nitrogens with zero attached hydrogens (tertiary/aromatic N) is 1. The minimum Gasteiger partial charge on any atom is -0.334 e. The minimum absolute atomic E-state index is 0.185. The molecule has 0 saturated carbocycles. The summed E-state index contributed by atoms with van der Waals surface area (Å²) in [6.07, 6.45) is 0.540. The van der Waals surface area contributed by atoms with E-state index in [1.165, 1.54) is 23.3 Å². The molecule has 0 spiro atoms. The Kier molecular flexibility index (Phi) is 3.26. The summed E-state index contributed by atoms with van der Waals surface area (Å²) in [7, 11) is 0. The van der Waals surface area contributed by atoms with Gasteiger partial charge in [-0.15, -0.1) is 0 Å². The summed E-state index contributed by atoms with van der Waals surface area (Å²) in [5, 5.41) is 0. The number of carbonyl (C=O) groups excluding carboxylic acids is 1. The highest BCUT2D eigenvalue weighted by Crippen LogP contribution is 2.28. The van der Waals surface area contributed by atoms with Gasteiger partial charge in [0.05, 0.1) is 0 Å². The molecule has 3 rings (SSSR count). The van der Waals surface area contributed by atoms with Crippen LogP contribution in [-0.2, 0) is 17.9 Å². The van der Waals surface area contributed by atoms with E-state index in [1.54, 1.807) is 12.1 Å². The van der Waals surface area contributed by atoms with Crippen molar-refractivity contribution in [2.45, 2.75) is 26.4 Å². The molecule has 0 saturated heterocycles. The van der Waals surface area contributed by atoms with Crippen LogP contribution < -0.4 is 0 Å². The Morgan fingerprint density at radius 3 is 2.40 bits per heavy atom. The third-order valence-corrected chi connectivity index (χ3v) is 3.76. The second kappa shape index (κ2) is 5.08. The van der Waals surface area contributed by atoms with Crippen LogP contribution in [0.5, 0.6) is 0 Å². The number of rotatable bonds is 2. The quantitative estimate of drug-likeness (QED) is 0.813. The van der Waals surface area contributed by atoms with Gasteiger partial charge in [-0.05, 0) is 40.5 Å². The summed E-state index contributed by atoms with van der Waals surface area (Å²) in [5.74, 6) is -0.0424. The van der Waals surface area contributed by atoms with Gasteiger partial charge in [-0.25, -0.2) is 4.39 Å². The monoisotopic (exact) mass is 269 g/mol. The Hall–Kier alpha value is -2.16. The summed E-state index contributed by atoms with van der Waals surface area (Å²) < 4.78 is 13.0. The Labute approximate surface area is 117 Å². The van der Waals surface area contributed by atoms with Gasteiger partial charge in [0.15, 0.2) is 0 Å². The van der Waals surface area contributed by atoms with Gasteiger partial charge in [0, 0.05) is 19.5 Å². The van der Waals surface area contributed by atoms with Crippen molar-refractivity contribution in [1.82, 2.24) is 4.90 Å². The second-order valence-electron chi connectivity index (χ2n) is 5.09. The van der Waals surface area contributed by atoms with Crippen molar-refractivity contribution in [3.05, 3.63) is 59.4 Å². The van der Waals surface area contributed by atoms with E-state index >= 15 is 0 Å². The Morgan fingerprint density at radius 1 is 1.05 bits per heavy atom. The molecule has 2 aromatic carbocycles. The Morgan fingerprint density at radius 2 is 1.70 bits per heavy atom. The zero-order chi connectivity index (χ0) is 14.1. The van der Waals surface area contributed by atoms with Gasteiger partial charge in [0.25, 0.3) is 0 Å². The summed E-state index contributed by atoms with van der Waals surface area (Å²) in [6.45, 7) is 3.26. The van der Waals surface area contributed by atoms with E-state index in [1.807, 2.05) is 17.9 Å². The topological polar surface area (TPSA) is 20.3 Å². The highest BCUT2D eigenvalue weighted by Gasteiger charge is 2.22. The summed E-state index contributed by atoms with van der Waals surface area (Å²) in [5.41, 5.74) is 4.45. The smallest absolute Gasteiger partial charge is 0.222 e. The highest BCUT2D eigenvalue weighted by molar-refractivity contribution is 5.77. The van der Waals surface area contributed by atoms with Crippen molar-refractivity contribution in [1.29, 1.82) is 0 Å². The van der Waals surface area contributed by atoms with Gasteiger partial charge in [-0.1, -0.05) is 31.2 Å². The lowest BCUT2D eigenvalue weighted by Gasteiger charge is -2.13. The van der Waals surface area contributed by atoms with Crippen LogP contribution in [0.2, 0.25) is 0 Å². The SMILES string of the molecule is CCC(=O)N1Cc2ccc(-c3ccc(F)cc3)cc2C1. The largest absolute Gasteiger partial charge is 0.334 e. The van der Waals surface area contributed by atoms with E-state index in [4.69, 9.17) is 0 Å². The molecular formula is C17H16FNO. The molecule has 102 valence electrons. The van der Waals surface area contributed by atoms with Gasteiger partial charge in [0.1, 0.15) is 5.82 Å². The van der Waals surface area contributed by atoms with E-state index < -0.39 is 0 Å². The van der Waals surface area contributed by atoms with Crippen molar-refractivity contribution in [3.8, 4) is 11.1 Å². The predicted molar refractivity (Wildman–Crippen MR) is 76.4 cm³/mol. The van der Waals surface area contributed by atoms with Gasteiger partial charge < -0.3 is 4.90 Å². The standard InChI is InChI=1S/C17H16FNO/c1-2-17(20)19-10-14-4-3-13(9-15(14)11-19)12-5-7-16(18)8-6-12/h3-9H,2,10-11H2,1H3. The predicted octanol–water partition coefficient (Wildman–Crippen LogP) is 3.74. The average molecular weight is 269 g/mol. The molecule has 0 fully saturated rings. The van der Waals surface area contributed by atoms with Crippen molar-refractivity contribution >= 4 is 5.91 Å². The average Bonchev–Trinajstić information content (AvgIpc) is 2.90. The second-order valence-corrected chi connectivity index (χ2v) is 5.09. The van der Waals surface area contributed by atoms with E-state index in [2.05, 4.69) is 12.1 Å².